The predicted molar refractivity (Wildman–Crippen MR) is 102 cm³/mol. The van der Waals surface area contributed by atoms with E-state index < -0.39 is 22.0 Å². The highest BCUT2D eigenvalue weighted by molar-refractivity contribution is 7.89. The van der Waals surface area contributed by atoms with E-state index in [4.69, 9.17) is 9.84 Å². The number of benzene rings is 2. The van der Waals surface area contributed by atoms with Crippen molar-refractivity contribution in [2.24, 2.45) is 0 Å². The fraction of sp³-hybridized carbons (Fsp3) is 0.316. The smallest absolute Gasteiger partial charge is 0.241 e. The molecule has 1 amide bonds. The highest BCUT2D eigenvalue weighted by Gasteiger charge is 2.26. The van der Waals surface area contributed by atoms with Gasteiger partial charge in [0.2, 0.25) is 15.9 Å². The summed E-state index contributed by atoms with van der Waals surface area (Å²) in [6.07, 6.45) is 0.189. The first kappa shape index (κ1) is 20.9. The minimum atomic E-state index is -3.91. The van der Waals surface area contributed by atoms with Gasteiger partial charge >= 0.3 is 0 Å². The van der Waals surface area contributed by atoms with Crippen molar-refractivity contribution in [2.75, 3.05) is 19.8 Å². The summed E-state index contributed by atoms with van der Waals surface area (Å²) in [4.78, 5) is 12.4. The van der Waals surface area contributed by atoms with Gasteiger partial charge in [0.15, 0.2) is 0 Å². The van der Waals surface area contributed by atoms with Crippen molar-refractivity contribution in [2.45, 2.75) is 24.3 Å². The standard InChI is InChI=1S/C19H24N2O5S/c1-2-26-16-8-10-17(11-9-16)27(24,25)21-18(19(23)20-12-13-22)14-15-6-4-3-5-7-15/h3-11,18,21-22H,2,12-14H2,1H3,(H,20,23)/t18-/m1/s1. The van der Waals surface area contributed by atoms with E-state index in [1.54, 1.807) is 12.1 Å². The molecular formula is C19H24N2O5S. The van der Waals surface area contributed by atoms with E-state index in [1.807, 2.05) is 37.3 Å². The molecule has 2 rings (SSSR count). The van der Waals surface area contributed by atoms with Gasteiger partial charge in [0, 0.05) is 6.54 Å². The third kappa shape index (κ3) is 6.35. The van der Waals surface area contributed by atoms with Crippen molar-refractivity contribution >= 4 is 15.9 Å². The number of rotatable bonds is 10. The second kappa shape index (κ2) is 10.1. The van der Waals surface area contributed by atoms with Crippen molar-refractivity contribution in [3.8, 4) is 5.75 Å². The average molecular weight is 392 g/mol. The summed E-state index contributed by atoms with van der Waals surface area (Å²) >= 11 is 0. The molecule has 0 saturated carbocycles. The Kier molecular flexibility index (Phi) is 7.78. The zero-order valence-electron chi connectivity index (χ0n) is 15.1. The Morgan fingerprint density at radius 2 is 1.78 bits per heavy atom. The molecule has 0 aliphatic rings. The number of aliphatic hydroxyl groups is 1. The number of carbonyl (C=O) groups is 1. The van der Waals surface area contributed by atoms with Crippen LogP contribution in [0.3, 0.4) is 0 Å². The van der Waals surface area contributed by atoms with E-state index in [-0.39, 0.29) is 24.5 Å². The first-order valence-corrected chi connectivity index (χ1v) is 10.1. The SMILES string of the molecule is CCOc1ccc(S(=O)(=O)N[C@H](Cc2ccccc2)C(=O)NCCO)cc1. The van der Waals surface area contributed by atoms with Crippen LogP contribution in [0.1, 0.15) is 12.5 Å². The monoisotopic (exact) mass is 392 g/mol. The molecule has 2 aromatic carbocycles. The number of nitrogens with one attached hydrogen (secondary N) is 2. The van der Waals surface area contributed by atoms with Crippen LogP contribution in [0, 0.1) is 0 Å². The van der Waals surface area contributed by atoms with Crippen LogP contribution in [-0.4, -0.2) is 45.2 Å². The fourth-order valence-corrected chi connectivity index (χ4v) is 3.67. The van der Waals surface area contributed by atoms with Crippen LogP contribution in [0.25, 0.3) is 0 Å². The van der Waals surface area contributed by atoms with E-state index in [9.17, 15) is 13.2 Å². The van der Waals surface area contributed by atoms with Gasteiger partial charge in [-0.2, -0.15) is 4.72 Å². The van der Waals surface area contributed by atoms with Gasteiger partial charge < -0.3 is 15.2 Å². The molecule has 0 spiro atoms. The van der Waals surface area contributed by atoms with Gasteiger partial charge in [-0.05, 0) is 43.2 Å². The largest absolute Gasteiger partial charge is 0.494 e. The van der Waals surface area contributed by atoms with Gasteiger partial charge in [0.25, 0.3) is 0 Å². The Morgan fingerprint density at radius 1 is 1.11 bits per heavy atom. The number of hydrogen-bond acceptors (Lipinski definition) is 5. The van der Waals surface area contributed by atoms with Crippen LogP contribution in [0.15, 0.2) is 59.5 Å². The van der Waals surface area contributed by atoms with E-state index in [1.165, 1.54) is 12.1 Å². The molecule has 2 aromatic rings. The summed E-state index contributed by atoms with van der Waals surface area (Å²) < 4.78 is 33.2. The highest BCUT2D eigenvalue weighted by atomic mass is 32.2. The van der Waals surface area contributed by atoms with Crippen molar-refractivity contribution in [1.82, 2.24) is 10.0 Å². The van der Waals surface area contributed by atoms with Crippen LogP contribution in [0.4, 0.5) is 0 Å². The minimum Gasteiger partial charge on any atom is -0.494 e. The predicted octanol–water partition coefficient (Wildman–Crippen LogP) is 1.08. The molecule has 7 nitrogen and oxygen atoms in total. The van der Waals surface area contributed by atoms with Crippen molar-refractivity contribution in [3.63, 3.8) is 0 Å². The minimum absolute atomic E-state index is 0.0407. The Labute approximate surface area is 159 Å². The number of carbonyl (C=O) groups excluding carboxylic acids is 1. The summed E-state index contributed by atoms with van der Waals surface area (Å²) in [5, 5.41) is 11.4. The van der Waals surface area contributed by atoms with Gasteiger partial charge in [-0.1, -0.05) is 30.3 Å². The molecule has 0 aliphatic heterocycles. The lowest BCUT2D eigenvalue weighted by Crippen LogP contribution is -2.48. The maximum Gasteiger partial charge on any atom is 0.241 e. The average Bonchev–Trinajstić information content (AvgIpc) is 2.67. The van der Waals surface area contributed by atoms with Crippen LogP contribution in [0.2, 0.25) is 0 Å². The number of amides is 1. The van der Waals surface area contributed by atoms with Gasteiger partial charge in [-0.15, -0.1) is 0 Å². The van der Waals surface area contributed by atoms with Gasteiger partial charge in [0.1, 0.15) is 11.8 Å². The Bertz CT molecular complexity index is 823. The zero-order valence-corrected chi connectivity index (χ0v) is 15.9. The molecule has 27 heavy (non-hydrogen) atoms. The van der Waals surface area contributed by atoms with Crippen LogP contribution in [-0.2, 0) is 21.2 Å². The Balaban J connectivity index is 2.19. The van der Waals surface area contributed by atoms with Crippen LogP contribution >= 0.6 is 0 Å². The summed E-state index contributed by atoms with van der Waals surface area (Å²) in [5.41, 5.74) is 0.816. The van der Waals surface area contributed by atoms with Gasteiger partial charge in [0.05, 0.1) is 18.1 Å². The van der Waals surface area contributed by atoms with Gasteiger partial charge in [-0.25, -0.2) is 8.42 Å². The van der Waals surface area contributed by atoms with Crippen molar-refractivity contribution in [3.05, 3.63) is 60.2 Å². The lowest BCUT2D eigenvalue weighted by atomic mass is 10.1. The van der Waals surface area contributed by atoms with Crippen LogP contribution < -0.4 is 14.8 Å². The van der Waals surface area contributed by atoms with Crippen LogP contribution in [0.5, 0.6) is 5.75 Å². The molecule has 1 atom stereocenters. The Morgan fingerprint density at radius 3 is 2.37 bits per heavy atom. The second-order valence-electron chi connectivity index (χ2n) is 5.78. The molecule has 0 saturated heterocycles. The normalized spacial score (nSPS) is 12.4. The number of aliphatic hydroxyl groups excluding tert-OH is 1. The van der Waals surface area contributed by atoms with Crippen molar-refractivity contribution in [1.29, 1.82) is 0 Å². The van der Waals surface area contributed by atoms with E-state index in [0.29, 0.717) is 12.4 Å². The first-order chi connectivity index (χ1) is 13.0. The molecule has 0 bridgehead atoms. The topological polar surface area (TPSA) is 105 Å². The molecule has 0 fully saturated rings. The lowest BCUT2D eigenvalue weighted by Gasteiger charge is -2.18. The first-order valence-electron chi connectivity index (χ1n) is 8.64. The molecule has 0 heterocycles. The third-order valence-electron chi connectivity index (χ3n) is 3.75. The second-order valence-corrected chi connectivity index (χ2v) is 7.50. The maximum absolute atomic E-state index is 12.7. The number of hydrogen-bond donors (Lipinski definition) is 3. The maximum atomic E-state index is 12.7. The highest BCUT2D eigenvalue weighted by Crippen LogP contribution is 2.17. The molecule has 0 unspecified atom stereocenters. The van der Waals surface area contributed by atoms with Gasteiger partial charge in [-0.3, -0.25) is 4.79 Å². The quantitative estimate of drug-likeness (QED) is 0.561. The summed E-state index contributed by atoms with van der Waals surface area (Å²) in [5.74, 6) is 0.0698. The van der Waals surface area contributed by atoms with E-state index >= 15 is 0 Å². The summed E-state index contributed by atoms with van der Waals surface area (Å²) in [6.45, 7) is 2.14. The molecule has 3 N–H and O–H groups in total. The van der Waals surface area contributed by atoms with E-state index in [0.717, 1.165) is 5.56 Å². The van der Waals surface area contributed by atoms with Crippen molar-refractivity contribution < 1.29 is 23.1 Å². The zero-order chi connectivity index (χ0) is 19.7. The summed E-state index contributed by atoms with van der Waals surface area (Å²) in [6, 6.07) is 14.1. The summed E-state index contributed by atoms with van der Waals surface area (Å²) in [7, 11) is -3.91. The molecule has 0 radical (unpaired) electrons. The Hall–Kier alpha value is -2.42. The molecular weight excluding hydrogens is 368 g/mol. The number of ether oxygens (including phenoxy) is 1. The molecule has 0 aromatic heterocycles. The number of sulfonamides is 1. The molecule has 0 aliphatic carbocycles. The third-order valence-corrected chi connectivity index (χ3v) is 5.24. The fourth-order valence-electron chi connectivity index (χ4n) is 2.48. The lowest BCUT2D eigenvalue weighted by molar-refractivity contribution is -0.122. The molecule has 146 valence electrons. The van der Waals surface area contributed by atoms with E-state index in [2.05, 4.69) is 10.0 Å². The molecule has 8 heteroatoms.